The third kappa shape index (κ3) is 3.77. The fraction of sp³-hybridized carbons (Fsp3) is 0.577. The maximum Gasteiger partial charge on any atom is 0.310 e. The summed E-state index contributed by atoms with van der Waals surface area (Å²) in [6.07, 6.45) is 2.37. The van der Waals surface area contributed by atoms with E-state index in [1.165, 1.54) is 4.90 Å². The molecular weight excluding hydrogens is 494 g/mol. The topological polar surface area (TPSA) is 118 Å². The highest BCUT2D eigenvalue weighted by Gasteiger charge is 2.77. The van der Waals surface area contributed by atoms with Gasteiger partial charge in [0.05, 0.1) is 41.4 Å². The summed E-state index contributed by atoms with van der Waals surface area (Å²) < 4.78 is 6.25. The molecule has 5 rings (SSSR count). The number of amides is 2. The van der Waals surface area contributed by atoms with Gasteiger partial charge in [-0.25, -0.2) is 4.68 Å². The van der Waals surface area contributed by atoms with E-state index in [0.717, 1.165) is 17.5 Å². The van der Waals surface area contributed by atoms with Gasteiger partial charge in [0.1, 0.15) is 18.2 Å². The maximum atomic E-state index is 14.5. The number of hydrogen-bond donors (Lipinski definition) is 1. The molecule has 1 aromatic carbocycles. The maximum absolute atomic E-state index is 14.5. The molecular formula is C26H33N5O5S. The monoisotopic (exact) mass is 527 g/mol. The zero-order valence-electron chi connectivity index (χ0n) is 21.3. The van der Waals surface area contributed by atoms with Gasteiger partial charge in [-0.05, 0) is 38.3 Å². The van der Waals surface area contributed by atoms with E-state index in [0.29, 0.717) is 0 Å². The Labute approximate surface area is 220 Å². The number of rotatable bonds is 9. The molecule has 37 heavy (non-hydrogen) atoms. The second kappa shape index (κ2) is 9.75. The summed E-state index contributed by atoms with van der Waals surface area (Å²) >= 11 is 1.58. The normalized spacial score (nSPS) is 31.0. The number of aliphatic hydroxyl groups excluding tert-OH is 1. The molecule has 3 aliphatic heterocycles. The van der Waals surface area contributed by atoms with Crippen molar-refractivity contribution in [3.8, 4) is 0 Å². The molecule has 0 radical (unpaired) electrons. The Bertz CT molecular complexity index is 1230. The highest BCUT2D eigenvalue weighted by atomic mass is 32.2. The number of carbonyl (C=O) groups is 3. The first-order valence-electron chi connectivity index (χ1n) is 12.7. The summed E-state index contributed by atoms with van der Waals surface area (Å²) in [7, 11) is 0. The first-order valence-corrected chi connectivity index (χ1v) is 13.6. The molecule has 11 heteroatoms. The van der Waals surface area contributed by atoms with Gasteiger partial charge in [-0.3, -0.25) is 14.4 Å². The minimum absolute atomic E-state index is 0.0183. The second-order valence-corrected chi connectivity index (χ2v) is 11.7. The van der Waals surface area contributed by atoms with Crippen molar-refractivity contribution in [1.82, 2.24) is 24.8 Å². The molecule has 3 aliphatic rings. The predicted octanol–water partition coefficient (Wildman–Crippen LogP) is 1.68. The van der Waals surface area contributed by atoms with Crippen molar-refractivity contribution in [2.24, 2.45) is 17.8 Å². The lowest BCUT2D eigenvalue weighted by molar-refractivity contribution is -0.154. The SMILES string of the molecule is C=CCN(Cn1nnc2ccccc21)C(=O)C1N([C@H](C)CO)C(=O)[C@@H]2[C@@H](C(=O)OCC)[C@H]3CC(C)C12S3. The number of ether oxygens (including phenoxy) is 1. The molecule has 7 atom stereocenters. The minimum Gasteiger partial charge on any atom is -0.466 e. The van der Waals surface area contributed by atoms with Gasteiger partial charge in [0, 0.05) is 11.8 Å². The molecule has 3 saturated heterocycles. The van der Waals surface area contributed by atoms with Crippen LogP contribution in [0, 0.1) is 17.8 Å². The van der Waals surface area contributed by atoms with Gasteiger partial charge in [0.15, 0.2) is 0 Å². The Morgan fingerprint density at radius 2 is 2.16 bits per heavy atom. The highest BCUT2D eigenvalue weighted by Crippen LogP contribution is 2.69. The van der Waals surface area contributed by atoms with Gasteiger partial charge in [0.2, 0.25) is 11.8 Å². The molecule has 1 N–H and O–H groups in total. The van der Waals surface area contributed by atoms with Crippen molar-refractivity contribution in [1.29, 1.82) is 0 Å². The molecule has 3 unspecified atom stereocenters. The molecule has 198 valence electrons. The average molecular weight is 528 g/mol. The van der Waals surface area contributed by atoms with Gasteiger partial charge in [0.25, 0.3) is 0 Å². The number of thioether (sulfide) groups is 1. The Morgan fingerprint density at radius 1 is 1.41 bits per heavy atom. The number of para-hydroxylation sites is 1. The molecule has 4 heterocycles. The van der Waals surface area contributed by atoms with Crippen LogP contribution >= 0.6 is 11.8 Å². The van der Waals surface area contributed by atoms with E-state index >= 15 is 0 Å². The van der Waals surface area contributed by atoms with E-state index in [1.54, 1.807) is 41.3 Å². The van der Waals surface area contributed by atoms with E-state index in [1.807, 2.05) is 24.3 Å². The van der Waals surface area contributed by atoms with Crippen molar-refractivity contribution >= 4 is 40.6 Å². The van der Waals surface area contributed by atoms with Crippen LogP contribution < -0.4 is 0 Å². The second-order valence-electron chi connectivity index (χ2n) is 10.2. The van der Waals surface area contributed by atoms with Crippen molar-refractivity contribution in [3.63, 3.8) is 0 Å². The summed E-state index contributed by atoms with van der Waals surface area (Å²) in [6, 6.07) is 6.07. The van der Waals surface area contributed by atoms with Crippen molar-refractivity contribution < 1.29 is 24.2 Å². The Morgan fingerprint density at radius 3 is 2.86 bits per heavy atom. The largest absolute Gasteiger partial charge is 0.466 e. The standard InChI is InChI=1S/C26H33N5O5S/c1-5-11-29(14-30-18-10-8-7-9-17(18)27-28-30)24(34)22-26-15(3)12-19(37-26)20(25(35)36-6-2)21(26)23(33)31(22)16(4)13-32/h5,7-10,15-16,19-22,32H,1,6,11-14H2,2-4H3/t15?,16-,19-,20+,21+,22?,26?/m1/s1. The third-order valence-electron chi connectivity index (χ3n) is 8.10. The van der Waals surface area contributed by atoms with Gasteiger partial charge in [-0.2, -0.15) is 0 Å². The summed E-state index contributed by atoms with van der Waals surface area (Å²) in [6.45, 7) is 9.70. The number of aliphatic hydroxyl groups is 1. The zero-order valence-corrected chi connectivity index (χ0v) is 22.1. The molecule has 2 amide bonds. The van der Waals surface area contributed by atoms with Gasteiger partial charge in [-0.15, -0.1) is 23.4 Å². The molecule has 2 bridgehead atoms. The van der Waals surface area contributed by atoms with Gasteiger partial charge >= 0.3 is 5.97 Å². The quantitative estimate of drug-likeness (QED) is 0.387. The third-order valence-corrected chi connectivity index (χ3v) is 10.2. The van der Waals surface area contributed by atoms with Crippen LogP contribution in [0.4, 0.5) is 0 Å². The van der Waals surface area contributed by atoms with Crippen LogP contribution in [0.5, 0.6) is 0 Å². The lowest BCUT2D eigenvalue weighted by Gasteiger charge is -2.41. The molecule has 0 aliphatic carbocycles. The molecule has 1 aromatic heterocycles. The highest BCUT2D eigenvalue weighted by molar-refractivity contribution is 8.02. The number of fused-ring (bicyclic) bond motifs is 2. The predicted molar refractivity (Wildman–Crippen MR) is 138 cm³/mol. The van der Waals surface area contributed by atoms with Crippen LogP contribution in [-0.4, -0.2) is 89.5 Å². The van der Waals surface area contributed by atoms with Crippen LogP contribution in [0.15, 0.2) is 36.9 Å². The van der Waals surface area contributed by atoms with Crippen LogP contribution in [0.2, 0.25) is 0 Å². The summed E-state index contributed by atoms with van der Waals surface area (Å²) in [5.41, 5.74) is 1.50. The van der Waals surface area contributed by atoms with E-state index in [9.17, 15) is 19.5 Å². The molecule has 1 spiro atoms. The average Bonchev–Trinajstić information content (AvgIpc) is 3.60. The Kier molecular flexibility index (Phi) is 6.78. The van der Waals surface area contributed by atoms with E-state index < -0.39 is 28.7 Å². The van der Waals surface area contributed by atoms with Crippen LogP contribution in [0.25, 0.3) is 11.0 Å². The lowest BCUT2D eigenvalue weighted by atomic mass is 9.66. The van der Waals surface area contributed by atoms with Crippen LogP contribution in [0.3, 0.4) is 0 Å². The van der Waals surface area contributed by atoms with Crippen molar-refractivity contribution in [2.75, 3.05) is 19.8 Å². The molecule has 3 fully saturated rings. The fourth-order valence-electron chi connectivity index (χ4n) is 6.54. The van der Waals surface area contributed by atoms with Gasteiger partial charge < -0.3 is 19.6 Å². The first-order chi connectivity index (χ1) is 17.8. The van der Waals surface area contributed by atoms with E-state index in [4.69, 9.17) is 4.74 Å². The van der Waals surface area contributed by atoms with Gasteiger partial charge in [-0.1, -0.05) is 30.3 Å². The molecule has 0 saturated carbocycles. The van der Waals surface area contributed by atoms with E-state index in [-0.39, 0.29) is 55.4 Å². The molecule has 2 aromatic rings. The van der Waals surface area contributed by atoms with Crippen molar-refractivity contribution in [3.05, 3.63) is 36.9 Å². The number of likely N-dealkylation sites (tertiary alicyclic amines) is 1. The van der Waals surface area contributed by atoms with Crippen molar-refractivity contribution in [2.45, 2.75) is 55.9 Å². The fourth-order valence-corrected chi connectivity index (χ4v) is 8.93. The molecule has 10 nitrogen and oxygen atoms in total. The van der Waals surface area contributed by atoms with Crippen LogP contribution in [0.1, 0.15) is 27.2 Å². The number of esters is 1. The Hall–Kier alpha value is -2.92. The Balaban J connectivity index is 1.56. The number of nitrogens with zero attached hydrogens (tertiary/aromatic N) is 5. The smallest absolute Gasteiger partial charge is 0.310 e. The van der Waals surface area contributed by atoms with E-state index in [2.05, 4.69) is 23.8 Å². The lowest BCUT2D eigenvalue weighted by Crippen LogP contribution is -2.59. The summed E-state index contributed by atoms with van der Waals surface area (Å²) in [4.78, 5) is 44.6. The van der Waals surface area contributed by atoms with Crippen LogP contribution in [-0.2, 0) is 25.8 Å². The number of benzene rings is 1. The first kappa shape index (κ1) is 25.7. The number of aromatic nitrogens is 3. The number of carbonyl (C=O) groups excluding carboxylic acids is 3. The minimum atomic E-state index is -0.841. The zero-order chi connectivity index (χ0) is 26.5. The number of hydrogen-bond acceptors (Lipinski definition) is 8. The summed E-state index contributed by atoms with van der Waals surface area (Å²) in [5.74, 6) is -2.15. The summed E-state index contributed by atoms with van der Waals surface area (Å²) in [5, 5.41) is 18.4.